The lowest BCUT2D eigenvalue weighted by atomic mass is 10.2. The summed E-state index contributed by atoms with van der Waals surface area (Å²) in [5.74, 6) is -1.03. The van der Waals surface area contributed by atoms with Gasteiger partial charge >= 0.3 is 5.97 Å². The lowest BCUT2D eigenvalue weighted by molar-refractivity contribution is -0.142. The Labute approximate surface area is 95.2 Å². The van der Waals surface area contributed by atoms with Crippen molar-refractivity contribution in [3.63, 3.8) is 0 Å². The third-order valence-corrected chi connectivity index (χ3v) is 2.02. The van der Waals surface area contributed by atoms with Gasteiger partial charge in [0.25, 0.3) is 0 Å². The standard InChI is InChI=1S/C7H14N4O4S/c1-15-6(12)5(11-16(13)14)3-2-4-10-7(8)9/h4-5,11H,2-3H2,1H3,(H3,8,9)(H,13,14)/p-1/t5-/m0/s1. The van der Waals surface area contributed by atoms with Crippen LogP contribution in [0, 0.1) is 5.41 Å². The first-order valence-corrected chi connectivity index (χ1v) is 5.34. The van der Waals surface area contributed by atoms with E-state index in [9.17, 15) is 13.6 Å². The third kappa shape index (κ3) is 7.04. The van der Waals surface area contributed by atoms with Gasteiger partial charge in [-0.05, 0) is 12.8 Å². The Bertz CT molecular complexity index is 307. The van der Waals surface area contributed by atoms with Crippen LogP contribution in [-0.2, 0) is 20.8 Å². The number of aliphatic imine (C=N–C) groups is 1. The summed E-state index contributed by atoms with van der Waals surface area (Å²) in [6.07, 6.45) is 1.80. The Hall–Kier alpha value is -1.32. The van der Waals surface area contributed by atoms with E-state index in [1.54, 1.807) is 0 Å². The first-order chi connectivity index (χ1) is 7.47. The lowest BCUT2D eigenvalue weighted by Gasteiger charge is -2.16. The van der Waals surface area contributed by atoms with Crippen LogP contribution in [0.1, 0.15) is 12.8 Å². The molecule has 1 unspecified atom stereocenters. The van der Waals surface area contributed by atoms with Crippen molar-refractivity contribution < 1.29 is 18.3 Å². The summed E-state index contributed by atoms with van der Waals surface area (Å²) in [6, 6.07) is -0.957. The number of nitrogens with two attached hydrogens (primary N) is 1. The average Bonchev–Trinajstić information content (AvgIpc) is 2.20. The smallest absolute Gasteiger partial charge is 0.323 e. The average molecular weight is 249 g/mol. The molecule has 0 aliphatic rings. The minimum atomic E-state index is -2.54. The number of carbonyl (C=O) groups is 1. The summed E-state index contributed by atoms with van der Waals surface area (Å²) in [5, 5.41) is 6.79. The fraction of sp³-hybridized carbons (Fsp3) is 0.571. The second kappa shape index (κ2) is 7.91. The maximum Gasteiger partial charge on any atom is 0.323 e. The summed E-state index contributed by atoms with van der Waals surface area (Å²) in [6.45, 7) is 0. The van der Waals surface area contributed by atoms with Crippen molar-refractivity contribution in [1.82, 2.24) is 4.72 Å². The van der Waals surface area contributed by atoms with Crippen molar-refractivity contribution in [3.05, 3.63) is 0 Å². The van der Waals surface area contributed by atoms with E-state index >= 15 is 0 Å². The van der Waals surface area contributed by atoms with Crippen molar-refractivity contribution in [2.45, 2.75) is 18.9 Å². The number of ether oxygens (including phenoxy) is 1. The predicted molar refractivity (Wildman–Crippen MR) is 57.5 cm³/mol. The molecule has 92 valence electrons. The number of nitrogens with zero attached hydrogens (tertiary/aromatic N) is 1. The quantitative estimate of drug-likeness (QED) is 0.231. The maximum atomic E-state index is 11.1. The summed E-state index contributed by atoms with van der Waals surface area (Å²) >= 11 is -2.54. The van der Waals surface area contributed by atoms with Gasteiger partial charge in [-0.3, -0.25) is 14.4 Å². The monoisotopic (exact) mass is 249 g/mol. The van der Waals surface area contributed by atoms with Crippen LogP contribution in [0.25, 0.3) is 0 Å². The fourth-order valence-corrected chi connectivity index (χ4v) is 1.33. The number of esters is 1. The lowest BCUT2D eigenvalue weighted by Crippen LogP contribution is -2.38. The maximum absolute atomic E-state index is 11.1. The van der Waals surface area contributed by atoms with Gasteiger partial charge in [-0.1, -0.05) is 0 Å². The zero-order chi connectivity index (χ0) is 12.6. The van der Waals surface area contributed by atoms with Crippen molar-refractivity contribution >= 4 is 29.4 Å². The highest BCUT2D eigenvalue weighted by molar-refractivity contribution is 7.77. The van der Waals surface area contributed by atoms with Crippen LogP contribution in [0.5, 0.6) is 0 Å². The summed E-state index contributed by atoms with van der Waals surface area (Å²) in [5.41, 5.74) is 4.96. The van der Waals surface area contributed by atoms with E-state index in [0.717, 1.165) is 7.11 Å². The molecule has 0 radical (unpaired) electrons. The Morgan fingerprint density at radius 2 is 2.44 bits per heavy atom. The molecule has 0 spiro atoms. The second-order valence-electron chi connectivity index (χ2n) is 2.70. The minimum Gasteiger partial charge on any atom is -0.760 e. The number of hydrogen-bond donors (Lipinski definition) is 3. The molecule has 0 aromatic heterocycles. The zero-order valence-electron chi connectivity index (χ0n) is 8.63. The molecule has 0 saturated carbocycles. The highest BCUT2D eigenvalue weighted by Gasteiger charge is 2.17. The highest BCUT2D eigenvalue weighted by Crippen LogP contribution is 1.98. The number of nitrogens with one attached hydrogen (secondary N) is 2. The molecule has 0 bridgehead atoms. The molecular weight excluding hydrogens is 236 g/mol. The van der Waals surface area contributed by atoms with Gasteiger partial charge in [0.05, 0.1) is 7.11 Å². The van der Waals surface area contributed by atoms with Gasteiger partial charge in [-0.25, -0.2) is 9.71 Å². The van der Waals surface area contributed by atoms with Crippen LogP contribution in [0.2, 0.25) is 0 Å². The Morgan fingerprint density at radius 3 is 2.88 bits per heavy atom. The number of carbonyl (C=O) groups excluding carboxylic acids is 1. The van der Waals surface area contributed by atoms with Crippen LogP contribution in [0.3, 0.4) is 0 Å². The fourth-order valence-electron chi connectivity index (χ4n) is 0.887. The summed E-state index contributed by atoms with van der Waals surface area (Å²) in [4.78, 5) is 14.6. The van der Waals surface area contributed by atoms with E-state index in [4.69, 9.17) is 11.1 Å². The normalized spacial score (nSPS) is 14.6. The minimum absolute atomic E-state index is 0.178. The molecule has 16 heavy (non-hydrogen) atoms. The molecule has 0 heterocycles. The molecule has 2 atom stereocenters. The van der Waals surface area contributed by atoms with Gasteiger partial charge in [0, 0.05) is 17.5 Å². The first kappa shape index (κ1) is 14.7. The predicted octanol–water partition coefficient (Wildman–Crippen LogP) is -1.34. The Morgan fingerprint density at radius 1 is 1.81 bits per heavy atom. The number of rotatable bonds is 6. The molecule has 0 aromatic carbocycles. The van der Waals surface area contributed by atoms with Crippen molar-refractivity contribution in [1.29, 1.82) is 5.41 Å². The van der Waals surface area contributed by atoms with Crippen LogP contribution in [-0.4, -0.2) is 40.1 Å². The van der Waals surface area contributed by atoms with E-state index in [1.807, 2.05) is 4.72 Å². The molecule has 4 N–H and O–H groups in total. The van der Waals surface area contributed by atoms with E-state index in [1.165, 1.54) is 6.21 Å². The Kier molecular flexibility index (Phi) is 7.25. The van der Waals surface area contributed by atoms with Gasteiger partial charge in [0.1, 0.15) is 6.04 Å². The van der Waals surface area contributed by atoms with Crippen molar-refractivity contribution in [2.75, 3.05) is 7.11 Å². The van der Waals surface area contributed by atoms with E-state index in [-0.39, 0.29) is 12.4 Å². The van der Waals surface area contributed by atoms with Crippen LogP contribution >= 0.6 is 0 Å². The van der Waals surface area contributed by atoms with E-state index in [0.29, 0.717) is 6.42 Å². The first-order valence-electron chi connectivity index (χ1n) is 4.27. The molecule has 0 aromatic rings. The molecule has 0 fully saturated rings. The summed E-state index contributed by atoms with van der Waals surface area (Å²) in [7, 11) is 1.16. The largest absolute Gasteiger partial charge is 0.760 e. The number of methoxy groups -OCH3 is 1. The van der Waals surface area contributed by atoms with Gasteiger partial charge in [0.2, 0.25) is 5.96 Å². The molecule has 0 rings (SSSR count). The molecule has 0 saturated heterocycles. The molecule has 0 amide bonds. The zero-order valence-corrected chi connectivity index (χ0v) is 9.45. The van der Waals surface area contributed by atoms with E-state index in [2.05, 4.69) is 9.73 Å². The number of hydrogen-bond acceptors (Lipinski definition) is 5. The molecule has 9 heteroatoms. The van der Waals surface area contributed by atoms with Crippen LogP contribution in [0.4, 0.5) is 0 Å². The van der Waals surface area contributed by atoms with Gasteiger partial charge in [0.15, 0.2) is 0 Å². The molecule has 0 aliphatic heterocycles. The van der Waals surface area contributed by atoms with Crippen LogP contribution < -0.4 is 10.5 Å². The molecule has 8 nitrogen and oxygen atoms in total. The number of guanidine groups is 1. The highest BCUT2D eigenvalue weighted by atomic mass is 32.2. The van der Waals surface area contributed by atoms with Crippen LogP contribution in [0.15, 0.2) is 4.99 Å². The SMILES string of the molecule is COC(=O)[C@H](CCC=NC(=N)N)NS(=O)[O-]. The third-order valence-electron chi connectivity index (χ3n) is 1.54. The molecular formula is C7H13N4O4S-. The van der Waals surface area contributed by atoms with Gasteiger partial charge in [-0.2, -0.15) is 0 Å². The van der Waals surface area contributed by atoms with Gasteiger partial charge in [-0.15, -0.1) is 0 Å². The summed E-state index contributed by atoms with van der Waals surface area (Å²) < 4.78 is 27.1. The topological polar surface area (TPSA) is 141 Å². The van der Waals surface area contributed by atoms with Crippen molar-refractivity contribution in [3.8, 4) is 0 Å². The Balaban J connectivity index is 4.16. The molecule has 0 aliphatic carbocycles. The second-order valence-corrected chi connectivity index (χ2v) is 3.41. The van der Waals surface area contributed by atoms with Crippen molar-refractivity contribution in [2.24, 2.45) is 10.7 Å². The van der Waals surface area contributed by atoms with Gasteiger partial charge < -0.3 is 15.0 Å². The van der Waals surface area contributed by atoms with E-state index < -0.39 is 23.3 Å².